The molecule has 0 saturated heterocycles. The van der Waals surface area contributed by atoms with Gasteiger partial charge in [0.1, 0.15) is 17.6 Å². The van der Waals surface area contributed by atoms with Crippen molar-refractivity contribution in [3.05, 3.63) is 27.9 Å². The number of aliphatic hydroxyl groups is 1. The quantitative estimate of drug-likeness (QED) is 0.550. The summed E-state index contributed by atoms with van der Waals surface area (Å²) in [5.74, 6) is -1.19. The van der Waals surface area contributed by atoms with Crippen LogP contribution >= 0.6 is 0 Å². The van der Waals surface area contributed by atoms with Crippen LogP contribution in [0.15, 0.2) is 12.3 Å². The predicted molar refractivity (Wildman–Crippen MR) is 69.8 cm³/mol. The van der Waals surface area contributed by atoms with E-state index in [1.54, 1.807) is 0 Å². The van der Waals surface area contributed by atoms with Crippen molar-refractivity contribution in [3.8, 4) is 0 Å². The SMILES string of the molecule is O=C(O)c1cc(NCC2(O)CCCC2)ncc1[N+](=O)[O-]. The Labute approximate surface area is 114 Å². The van der Waals surface area contributed by atoms with E-state index >= 15 is 0 Å². The number of anilines is 1. The van der Waals surface area contributed by atoms with Crippen molar-refractivity contribution in [1.82, 2.24) is 4.98 Å². The monoisotopic (exact) mass is 281 g/mol. The highest BCUT2D eigenvalue weighted by Gasteiger charge is 2.31. The summed E-state index contributed by atoms with van der Waals surface area (Å²) < 4.78 is 0. The lowest BCUT2D eigenvalue weighted by Crippen LogP contribution is -2.33. The molecule has 0 spiro atoms. The molecule has 0 aliphatic heterocycles. The van der Waals surface area contributed by atoms with Crippen LogP contribution in [0.5, 0.6) is 0 Å². The molecule has 1 aromatic heterocycles. The van der Waals surface area contributed by atoms with Gasteiger partial charge in [-0.05, 0) is 12.8 Å². The number of nitro groups is 1. The summed E-state index contributed by atoms with van der Waals surface area (Å²) in [6.45, 7) is 0.247. The fraction of sp³-hybridized carbons (Fsp3) is 0.500. The number of pyridine rings is 1. The molecule has 20 heavy (non-hydrogen) atoms. The van der Waals surface area contributed by atoms with Crippen LogP contribution in [0, 0.1) is 10.1 Å². The second-order valence-electron chi connectivity index (χ2n) is 4.93. The van der Waals surface area contributed by atoms with Gasteiger partial charge in [0.25, 0.3) is 0 Å². The summed E-state index contributed by atoms with van der Waals surface area (Å²) in [7, 11) is 0. The van der Waals surface area contributed by atoms with Gasteiger partial charge in [0.15, 0.2) is 0 Å². The first-order chi connectivity index (χ1) is 9.41. The Bertz CT molecular complexity index is 540. The van der Waals surface area contributed by atoms with Crippen molar-refractivity contribution in [1.29, 1.82) is 0 Å². The largest absolute Gasteiger partial charge is 0.477 e. The smallest absolute Gasteiger partial charge is 0.342 e. The molecule has 1 fully saturated rings. The molecular weight excluding hydrogens is 266 g/mol. The first kappa shape index (κ1) is 14.2. The lowest BCUT2D eigenvalue weighted by atomic mass is 10.0. The number of aromatic nitrogens is 1. The van der Waals surface area contributed by atoms with E-state index in [9.17, 15) is 20.0 Å². The molecule has 1 aromatic rings. The van der Waals surface area contributed by atoms with Crippen LogP contribution in [0.4, 0.5) is 11.5 Å². The highest BCUT2D eigenvalue weighted by molar-refractivity contribution is 5.93. The van der Waals surface area contributed by atoms with Crippen LogP contribution in [0.25, 0.3) is 0 Å². The van der Waals surface area contributed by atoms with Gasteiger partial charge in [0.2, 0.25) is 0 Å². The molecule has 1 saturated carbocycles. The Hall–Kier alpha value is -2.22. The Morgan fingerprint density at radius 3 is 2.70 bits per heavy atom. The van der Waals surface area contributed by atoms with Crippen molar-refractivity contribution in [3.63, 3.8) is 0 Å². The number of rotatable bonds is 5. The van der Waals surface area contributed by atoms with Crippen LogP contribution < -0.4 is 5.32 Å². The van der Waals surface area contributed by atoms with Crippen molar-refractivity contribution in [2.75, 3.05) is 11.9 Å². The highest BCUT2D eigenvalue weighted by Crippen LogP contribution is 2.29. The van der Waals surface area contributed by atoms with E-state index in [0.717, 1.165) is 25.1 Å². The zero-order valence-electron chi connectivity index (χ0n) is 10.7. The Morgan fingerprint density at radius 2 is 2.15 bits per heavy atom. The van der Waals surface area contributed by atoms with Gasteiger partial charge < -0.3 is 15.5 Å². The van der Waals surface area contributed by atoms with E-state index in [0.29, 0.717) is 12.8 Å². The third-order valence-corrected chi connectivity index (χ3v) is 3.44. The van der Waals surface area contributed by atoms with Crippen molar-refractivity contribution >= 4 is 17.5 Å². The number of hydrogen-bond donors (Lipinski definition) is 3. The maximum absolute atomic E-state index is 11.0. The van der Waals surface area contributed by atoms with Gasteiger partial charge in [-0.25, -0.2) is 9.78 Å². The maximum atomic E-state index is 11.0. The van der Waals surface area contributed by atoms with Crippen LogP contribution in [0.3, 0.4) is 0 Å². The van der Waals surface area contributed by atoms with Crippen molar-refractivity contribution < 1.29 is 19.9 Å². The zero-order chi connectivity index (χ0) is 14.8. The number of hydrogen-bond acceptors (Lipinski definition) is 6. The van der Waals surface area contributed by atoms with E-state index in [-0.39, 0.29) is 12.4 Å². The molecule has 0 unspecified atom stereocenters. The van der Waals surface area contributed by atoms with Gasteiger partial charge in [-0.2, -0.15) is 0 Å². The van der Waals surface area contributed by atoms with E-state index in [1.807, 2.05) is 0 Å². The minimum Gasteiger partial charge on any atom is -0.477 e. The molecule has 1 aliphatic carbocycles. The molecule has 0 aromatic carbocycles. The number of nitrogens with one attached hydrogen (secondary N) is 1. The van der Waals surface area contributed by atoms with Gasteiger partial charge >= 0.3 is 11.7 Å². The van der Waals surface area contributed by atoms with E-state index < -0.39 is 27.7 Å². The summed E-state index contributed by atoms with van der Waals surface area (Å²) in [4.78, 5) is 24.7. The van der Waals surface area contributed by atoms with Crippen LogP contribution in [-0.4, -0.2) is 38.2 Å². The first-order valence-corrected chi connectivity index (χ1v) is 6.25. The molecule has 0 amide bonds. The molecule has 0 atom stereocenters. The van der Waals surface area contributed by atoms with Crippen molar-refractivity contribution in [2.24, 2.45) is 0 Å². The lowest BCUT2D eigenvalue weighted by Gasteiger charge is -2.22. The molecule has 0 bridgehead atoms. The number of nitrogens with zero attached hydrogens (tertiary/aromatic N) is 2. The summed E-state index contributed by atoms with van der Waals surface area (Å²) in [6.07, 6.45) is 4.17. The van der Waals surface area contributed by atoms with E-state index in [2.05, 4.69) is 10.3 Å². The van der Waals surface area contributed by atoms with E-state index in [1.165, 1.54) is 0 Å². The topological polar surface area (TPSA) is 126 Å². The van der Waals surface area contributed by atoms with Crippen molar-refractivity contribution in [2.45, 2.75) is 31.3 Å². The number of aromatic carboxylic acids is 1. The van der Waals surface area contributed by atoms with Crippen LogP contribution in [0.2, 0.25) is 0 Å². The van der Waals surface area contributed by atoms with Gasteiger partial charge in [0, 0.05) is 12.6 Å². The standard InChI is InChI=1S/C12H15N3O5/c16-11(17)8-5-10(13-6-9(8)15(19)20)14-7-12(18)3-1-2-4-12/h5-6,18H,1-4,7H2,(H,13,14)(H,16,17). The summed E-state index contributed by atoms with van der Waals surface area (Å²) in [5.41, 5.74) is -1.79. The zero-order valence-corrected chi connectivity index (χ0v) is 10.7. The second kappa shape index (κ2) is 5.41. The minimum atomic E-state index is -1.39. The molecular formula is C12H15N3O5. The average molecular weight is 281 g/mol. The minimum absolute atomic E-state index is 0.202. The summed E-state index contributed by atoms with van der Waals surface area (Å²) >= 11 is 0. The van der Waals surface area contributed by atoms with Crippen LogP contribution in [-0.2, 0) is 0 Å². The van der Waals surface area contributed by atoms with Gasteiger partial charge in [0.05, 0.1) is 10.5 Å². The normalized spacial score (nSPS) is 16.9. The second-order valence-corrected chi connectivity index (χ2v) is 4.93. The maximum Gasteiger partial charge on any atom is 0.342 e. The molecule has 2 rings (SSSR count). The lowest BCUT2D eigenvalue weighted by molar-refractivity contribution is -0.385. The predicted octanol–water partition coefficient (Wildman–Crippen LogP) is 1.40. The van der Waals surface area contributed by atoms with Gasteiger partial charge in [-0.3, -0.25) is 10.1 Å². The van der Waals surface area contributed by atoms with E-state index in [4.69, 9.17) is 5.11 Å². The molecule has 3 N–H and O–H groups in total. The summed E-state index contributed by atoms with van der Waals surface area (Å²) in [5, 5.41) is 32.7. The first-order valence-electron chi connectivity index (χ1n) is 6.25. The average Bonchev–Trinajstić information content (AvgIpc) is 2.83. The third kappa shape index (κ3) is 3.02. The Morgan fingerprint density at radius 1 is 1.50 bits per heavy atom. The van der Waals surface area contributed by atoms with Gasteiger partial charge in [-0.1, -0.05) is 12.8 Å². The molecule has 1 heterocycles. The fourth-order valence-electron chi connectivity index (χ4n) is 2.33. The Kier molecular flexibility index (Phi) is 3.84. The summed E-state index contributed by atoms with van der Waals surface area (Å²) in [6, 6.07) is 1.11. The fourth-order valence-corrected chi connectivity index (χ4v) is 2.33. The highest BCUT2D eigenvalue weighted by atomic mass is 16.6. The molecule has 8 nitrogen and oxygen atoms in total. The molecule has 108 valence electrons. The third-order valence-electron chi connectivity index (χ3n) is 3.44. The van der Waals surface area contributed by atoms with Crippen LogP contribution in [0.1, 0.15) is 36.0 Å². The number of carbonyl (C=O) groups is 1. The number of carboxylic acid groups (broad SMARTS) is 1. The number of carboxylic acids is 1. The Balaban J connectivity index is 2.15. The molecule has 8 heteroatoms. The molecule has 1 aliphatic rings. The molecule has 0 radical (unpaired) electrons. The van der Waals surface area contributed by atoms with Gasteiger partial charge in [-0.15, -0.1) is 0 Å².